The predicted octanol–water partition coefficient (Wildman–Crippen LogP) is 5.04. The molecule has 1 atom stereocenters. The molecule has 152 valence electrons. The Kier molecular flexibility index (Phi) is 5.38. The SMILES string of the molecule is CCCc1cn2c(C(O)c3ccc(-c4ccccc4C(=O)O)cc3)ccc(C)c2n1. The van der Waals surface area contributed by atoms with Crippen molar-refractivity contribution in [2.75, 3.05) is 0 Å². The average molecular weight is 400 g/mol. The molecule has 0 aliphatic rings. The van der Waals surface area contributed by atoms with Crippen LogP contribution in [-0.2, 0) is 6.42 Å². The Labute approximate surface area is 175 Å². The molecule has 5 nitrogen and oxygen atoms in total. The lowest BCUT2D eigenvalue weighted by molar-refractivity contribution is 0.0697. The van der Waals surface area contributed by atoms with Crippen molar-refractivity contribution < 1.29 is 15.0 Å². The number of fused-ring (bicyclic) bond motifs is 1. The fraction of sp³-hybridized carbons (Fsp3) is 0.200. The first-order valence-corrected chi connectivity index (χ1v) is 10.1. The van der Waals surface area contributed by atoms with Gasteiger partial charge in [0.25, 0.3) is 0 Å². The lowest BCUT2D eigenvalue weighted by atomic mass is 9.97. The van der Waals surface area contributed by atoms with Crippen LogP contribution in [0.4, 0.5) is 0 Å². The molecule has 0 bridgehead atoms. The fourth-order valence-corrected chi connectivity index (χ4v) is 3.81. The van der Waals surface area contributed by atoms with Gasteiger partial charge in [-0.2, -0.15) is 0 Å². The van der Waals surface area contributed by atoms with Gasteiger partial charge in [-0.15, -0.1) is 0 Å². The summed E-state index contributed by atoms with van der Waals surface area (Å²) >= 11 is 0. The largest absolute Gasteiger partial charge is 0.478 e. The number of aliphatic hydroxyl groups excluding tert-OH is 1. The van der Waals surface area contributed by atoms with Gasteiger partial charge in [0.15, 0.2) is 0 Å². The number of nitrogens with zero attached hydrogens (tertiary/aromatic N) is 2. The van der Waals surface area contributed by atoms with Gasteiger partial charge in [-0.1, -0.05) is 61.9 Å². The van der Waals surface area contributed by atoms with Crippen LogP contribution in [0.15, 0.2) is 66.9 Å². The number of pyridine rings is 1. The molecule has 0 fully saturated rings. The Morgan fingerprint density at radius 2 is 1.80 bits per heavy atom. The summed E-state index contributed by atoms with van der Waals surface area (Å²) in [5, 5.41) is 20.5. The summed E-state index contributed by atoms with van der Waals surface area (Å²) < 4.78 is 1.97. The molecule has 0 aliphatic carbocycles. The van der Waals surface area contributed by atoms with Crippen molar-refractivity contribution in [2.45, 2.75) is 32.8 Å². The van der Waals surface area contributed by atoms with Crippen LogP contribution in [0.5, 0.6) is 0 Å². The van der Waals surface area contributed by atoms with Crippen molar-refractivity contribution in [3.63, 3.8) is 0 Å². The maximum atomic E-state index is 11.5. The van der Waals surface area contributed by atoms with E-state index < -0.39 is 12.1 Å². The molecule has 5 heteroatoms. The van der Waals surface area contributed by atoms with Crippen molar-refractivity contribution in [1.29, 1.82) is 0 Å². The lowest BCUT2D eigenvalue weighted by Gasteiger charge is -2.15. The zero-order chi connectivity index (χ0) is 21.3. The highest BCUT2D eigenvalue weighted by molar-refractivity contribution is 5.96. The van der Waals surface area contributed by atoms with Gasteiger partial charge < -0.3 is 14.6 Å². The molecule has 4 rings (SSSR count). The first-order chi connectivity index (χ1) is 14.5. The molecule has 2 aromatic heterocycles. The maximum absolute atomic E-state index is 11.5. The van der Waals surface area contributed by atoms with Crippen LogP contribution in [0.1, 0.15) is 52.3 Å². The number of aryl methyl sites for hydroxylation is 2. The molecular formula is C25H24N2O3. The van der Waals surface area contributed by atoms with Crippen molar-refractivity contribution in [2.24, 2.45) is 0 Å². The van der Waals surface area contributed by atoms with Gasteiger partial charge in [-0.3, -0.25) is 0 Å². The van der Waals surface area contributed by atoms with Crippen LogP contribution in [0, 0.1) is 6.92 Å². The molecule has 4 aromatic rings. The van der Waals surface area contributed by atoms with E-state index in [1.807, 2.05) is 60.0 Å². The molecule has 0 radical (unpaired) electrons. The zero-order valence-corrected chi connectivity index (χ0v) is 17.0. The number of aliphatic hydroxyl groups is 1. The summed E-state index contributed by atoms with van der Waals surface area (Å²) in [5.41, 5.74) is 6.14. The molecule has 2 N–H and O–H groups in total. The highest BCUT2D eigenvalue weighted by atomic mass is 16.4. The van der Waals surface area contributed by atoms with Gasteiger partial charge in [0.05, 0.1) is 17.0 Å². The Hall–Kier alpha value is -3.44. The highest BCUT2D eigenvalue weighted by Gasteiger charge is 2.17. The number of benzene rings is 2. The van der Waals surface area contributed by atoms with E-state index in [0.29, 0.717) is 5.56 Å². The fourth-order valence-electron chi connectivity index (χ4n) is 3.81. The number of aromatic carboxylic acids is 1. The number of carboxylic acids is 1. The van der Waals surface area contributed by atoms with Gasteiger partial charge in [-0.05, 0) is 47.7 Å². The minimum atomic E-state index is -0.959. The second-order valence-corrected chi connectivity index (χ2v) is 7.49. The van der Waals surface area contributed by atoms with Crippen LogP contribution in [0.3, 0.4) is 0 Å². The number of hydrogen-bond acceptors (Lipinski definition) is 3. The van der Waals surface area contributed by atoms with Crippen LogP contribution < -0.4 is 0 Å². The number of carbonyl (C=O) groups is 1. The third kappa shape index (κ3) is 3.60. The molecule has 2 aromatic carbocycles. The second kappa shape index (κ2) is 8.13. The van der Waals surface area contributed by atoms with Gasteiger partial charge >= 0.3 is 5.97 Å². The summed E-state index contributed by atoms with van der Waals surface area (Å²) in [4.78, 5) is 16.2. The first kappa shape index (κ1) is 19.9. The third-order valence-electron chi connectivity index (χ3n) is 5.37. The van der Waals surface area contributed by atoms with Crippen LogP contribution in [0.2, 0.25) is 0 Å². The maximum Gasteiger partial charge on any atom is 0.336 e. The Morgan fingerprint density at radius 1 is 1.07 bits per heavy atom. The Bertz CT molecular complexity index is 1210. The number of imidazole rings is 1. The molecular weight excluding hydrogens is 376 g/mol. The van der Waals surface area contributed by atoms with Crippen LogP contribution >= 0.6 is 0 Å². The molecule has 1 unspecified atom stereocenters. The van der Waals surface area contributed by atoms with E-state index in [9.17, 15) is 15.0 Å². The van der Waals surface area contributed by atoms with E-state index in [1.54, 1.807) is 18.2 Å². The number of aromatic nitrogens is 2. The van der Waals surface area contributed by atoms with Crippen LogP contribution in [-0.4, -0.2) is 25.6 Å². The second-order valence-electron chi connectivity index (χ2n) is 7.49. The topological polar surface area (TPSA) is 74.8 Å². The summed E-state index contributed by atoms with van der Waals surface area (Å²) in [6.45, 7) is 4.14. The molecule has 2 heterocycles. The normalized spacial score (nSPS) is 12.2. The number of carboxylic acid groups (broad SMARTS) is 1. The predicted molar refractivity (Wildman–Crippen MR) is 117 cm³/mol. The smallest absolute Gasteiger partial charge is 0.336 e. The van der Waals surface area contributed by atoms with Crippen molar-refractivity contribution in [1.82, 2.24) is 9.38 Å². The van der Waals surface area contributed by atoms with E-state index in [0.717, 1.165) is 46.6 Å². The van der Waals surface area contributed by atoms with Gasteiger partial charge in [0.2, 0.25) is 0 Å². The minimum Gasteiger partial charge on any atom is -0.478 e. The van der Waals surface area contributed by atoms with Gasteiger partial charge in [0.1, 0.15) is 11.8 Å². The third-order valence-corrected chi connectivity index (χ3v) is 5.37. The minimum absolute atomic E-state index is 0.257. The quantitative estimate of drug-likeness (QED) is 0.475. The first-order valence-electron chi connectivity index (χ1n) is 10.1. The highest BCUT2D eigenvalue weighted by Crippen LogP contribution is 2.29. The monoisotopic (exact) mass is 400 g/mol. The Morgan fingerprint density at radius 3 is 2.50 bits per heavy atom. The molecule has 30 heavy (non-hydrogen) atoms. The standard InChI is InChI=1S/C25H24N2O3/c1-3-6-19-15-27-22(14-9-16(2)24(27)26-19)23(28)18-12-10-17(11-13-18)20-7-4-5-8-21(20)25(29)30/h4-5,7-15,23,28H,3,6H2,1-2H3,(H,29,30). The summed E-state index contributed by atoms with van der Waals surface area (Å²) in [6.07, 6.45) is 3.09. The summed E-state index contributed by atoms with van der Waals surface area (Å²) in [6, 6.07) is 18.2. The average Bonchev–Trinajstić information content (AvgIpc) is 3.18. The van der Waals surface area contributed by atoms with Crippen molar-refractivity contribution >= 4 is 11.6 Å². The molecule has 0 saturated heterocycles. The van der Waals surface area contributed by atoms with Crippen molar-refractivity contribution in [3.05, 3.63) is 94.9 Å². The molecule has 0 spiro atoms. The van der Waals surface area contributed by atoms with Gasteiger partial charge in [-0.25, -0.2) is 9.78 Å². The summed E-state index contributed by atoms with van der Waals surface area (Å²) in [7, 11) is 0. The zero-order valence-electron chi connectivity index (χ0n) is 17.0. The van der Waals surface area contributed by atoms with E-state index in [4.69, 9.17) is 4.98 Å². The molecule has 0 amide bonds. The van der Waals surface area contributed by atoms with E-state index in [2.05, 4.69) is 6.92 Å². The number of hydrogen-bond donors (Lipinski definition) is 2. The van der Waals surface area contributed by atoms with E-state index in [-0.39, 0.29) is 5.56 Å². The van der Waals surface area contributed by atoms with Crippen LogP contribution in [0.25, 0.3) is 16.8 Å². The van der Waals surface area contributed by atoms with Crippen molar-refractivity contribution in [3.8, 4) is 11.1 Å². The van der Waals surface area contributed by atoms with E-state index >= 15 is 0 Å². The number of rotatable bonds is 6. The van der Waals surface area contributed by atoms with Gasteiger partial charge in [0, 0.05) is 6.20 Å². The summed E-state index contributed by atoms with van der Waals surface area (Å²) in [5.74, 6) is -0.959. The lowest BCUT2D eigenvalue weighted by Crippen LogP contribution is -2.06. The molecule has 0 saturated carbocycles. The Balaban J connectivity index is 1.71. The molecule has 0 aliphatic heterocycles. The van der Waals surface area contributed by atoms with E-state index in [1.165, 1.54) is 0 Å².